The number of hydrogen-bond acceptors (Lipinski definition) is 5. The molecule has 7 nitrogen and oxygen atoms in total. The van der Waals surface area contributed by atoms with E-state index in [9.17, 15) is 17.8 Å². The van der Waals surface area contributed by atoms with Crippen molar-refractivity contribution < 1.29 is 27.7 Å². The number of nitrogens with zero attached hydrogens (tertiary/aromatic N) is 2. The maximum absolute atomic E-state index is 14.5. The lowest BCUT2D eigenvalue weighted by Gasteiger charge is -2.37. The number of benzene rings is 2. The number of amides is 1. The molecular formula is C18H18ClF2N3O4S. The first-order chi connectivity index (χ1) is 13.8. The molecule has 1 fully saturated rings. The molecule has 2 aromatic carbocycles. The van der Waals surface area contributed by atoms with Gasteiger partial charge in [-0.25, -0.2) is 22.8 Å². The minimum absolute atomic E-state index is 0.163. The Kier molecular flexibility index (Phi) is 6.81. The number of nitrogens with one attached hydrogen (secondary N) is 1. The van der Waals surface area contributed by atoms with E-state index in [0.29, 0.717) is 11.6 Å². The molecule has 11 heteroatoms. The number of hydroxylamine groups is 1. The second-order valence-electron chi connectivity index (χ2n) is 6.42. The Labute approximate surface area is 173 Å². The summed E-state index contributed by atoms with van der Waals surface area (Å²) in [6.07, 6.45) is 0. The van der Waals surface area contributed by atoms with E-state index in [1.54, 1.807) is 7.05 Å². The smallest absolute Gasteiger partial charge is 0.263 e. The molecule has 0 aliphatic carbocycles. The second-order valence-corrected chi connectivity index (χ2v) is 8.29. The van der Waals surface area contributed by atoms with E-state index in [-0.39, 0.29) is 23.7 Å². The highest BCUT2D eigenvalue weighted by molar-refractivity contribution is 7.82. The molecule has 1 aliphatic rings. The van der Waals surface area contributed by atoms with Gasteiger partial charge in [-0.3, -0.25) is 10.0 Å². The summed E-state index contributed by atoms with van der Waals surface area (Å²) in [6, 6.07) is 6.78. The van der Waals surface area contributed by atoms with Crippen molar-refractivity contribution in [2.24, 2.45) is 0 Å². The molecule has 0 spiro atoms. The molecule has 1 saturated heterocycles. The molecule has 1 unspecified atom stereocenters. The lowest BCUT2D eigenvalue weighted by Crippen LogP contribution is -2.58. The van der Waals surface area contributed by atoms with Crippen LogP contribution in [0.25, 0.3) is 0 Å². The van der Waals surface area contributed by atoms with Gasteiger partial charge in [-0.05, 0) is 43.4 Å². The average Bonchev–Trinajstić information content (AvgIpc) is 2.70. The highest BCUT2D eigenvalue weighted by Crippen LogP contribution is 2.31. The van der Waals surface area contributed by atoms with Crippen molar-refractivity contribution in [3.63, 3.8) is 0 Å². The Morgan fingerprint density at radius 3 is 2.45 bits per heavy atom. The molecule has 1 heterocycles. The average molecular weight is 446 g/mol. The standard InChI is InChI=1S/C18H18ClF2N3O4S/c1-23-6-7-24(16(10-23)18(25)22-26)29(27)13-8-14(20)17(15(21)9-13)28-12-4-2-11(19)3-5-12/h2-5,8-9,16,26H,6-7,10H2,1H3,(H,22,25)/t16-,29?/m1/s1. The molecule has 1 amide bonds. The number of hydrogen-bond donors (Lipinski definition) is 2. The van der Waals surface area contributed by atoms with Crippen LogP contribution >= 0.6 is 11.6 Å². The van der Waals surface area contributed by atoms with Crippen LogP contribution in [-0.4, -0.2) is 57.3 Å². The quantitative estimate of drug-likeness (QED) is 0.546. The number of piperazine rings is 1. The summed E-state index contributed by atoms with van der Waals surface area (Å²) >= 11 is 5.77. The third-order valence-corrected chi connectivity index (χ3v) is 6.12. The topological polar surface area (TPSA) is 82.1 Å². The van der Waals surface area contributed by atoms with Gasteiger partial charge in [0.1, 0.15) is 22.8 Å². The van der Waals surface area contributed by atoms with Crippen LogP contribution in [0.5, 0.6) is 11.5 Å². The fraction of sp³-hybridized carbons (Fsp3) is 0.278. The zero-order valence-electron chi connectivity index (χ0n) is 15.3. The van der Waals surface area contributed by atoms with Crippen molar-refractivity contribution in [1.29, 1.82) is 0 Å². The summed E-state index contributed by atoms with van der Waals surface area (Å²) in [5.74, 6) is -3.30. The van der Waals surface area contributed by atoms with Gasteiger partial charge >= 0.3 is 0 Å². The lowest BCUT2D eigenvalue weighted by molar-refractivity contribution is -0.134. The van der Waals surface area contributed by atoms with E-state index < -0.39 is 40.3 Å². The van der Waals surface area contributed by atoms with Gasteiger partial charge in [0.25, 0.3) is 5.91 Å². The number of ether oxygens (including phenoxy) is 1. The fourth-order valence-electron chi connectivity index (χ4n) is 2.88. The van der Waals surface area contributed by atoms with E-state index in [1.165, 1.54) is 34.1 Å². The lowest BCUT2D eigenvalue weighted by atomic mass is 10.2. The minimum atomic E-state index is -2.03. The Hall–Kier alpha value is -2.11. The SMILES string of the molecule is CN1CCN(S(=O)c2cc(F)c(Oc3ccc(Cl)cc3)c(F)c2)[C@@H](C(=O)NO)C1. The molecule has 29 heavy (non-hydrogen) atoms. The number of rotatable bonds is 5. The van der Waals surface area contributed by atoms with Gasteiger partial charge in [-0.15, -0.1) is 0 Å². The Morgan fingerprint density at radius 2 is 1.86 bits per heavy atom. The maximum atomic E-state index is 14.5. The molecular weight excluding hydrogens is 428 g/mol. The molecule has 2 atom stereocenters. The van der Waals surface area contributed by atoms with Crippen LogP contribution < -0.4 is 10.2 Å². The maximum Gasteiger partial charge on any atom is 0.263 e. The summed E-state index contributed by atoms with van der Waals surface area (Å²) in [4.78, 5) is 13.6. The molecule has 0 radical (unpaired) electrons. The monoisotopic (exact) mass is 445 g/mol. The van der Waals surface area contributed by atoms with Crippen molar-refractivity contribution in [3.05, 3.63) is 53.1 Å². The molecule has 3 rings (SSSR count). The largest absolute Gasteiger partial charge is 0.451 e. The Balaban J connectivity index is 1.86. The Morgan fingerprint density at radius 1 is 1.24 bits per heavy atom. The molecule has 1 aliphatic heterocycles. The van der Waals surface area contributed by atoms with Gasteiger partial charge in [0.15, 0.2) is 17.4 Å². The summed E-state index contributed by atoms with van der Waals surface area (Å²) in [5, 5.41) is 9.38. The highest BCUT2D eigenvalue weighted by atomic mass is 35.5. The zero-order valence-corrected chi connectivity index (χ0v) is 16.8. The van der Waals surface area contributed by atoms with Crippen molar-refractivity contribution >= 4 is 28.5 Å². The highest BCUT2D eigenvalue weighted by Gasteiger charge is 2.35. The molecule has 0 bridgehead atoms. The molecule has 156 valence electrons. The predicted octanol–water partition coefficient (Wildman–Crippen LogP) is 2.55. The van der Waals surface area contributed by atoms with Gasteiger partial charge in [-0.2, -0.15) is 0 Å². The van der Waals surface area contributed by atoms with Crippen LogP contribution in [0.3, 0.4) is 0 Å². The molecule has 2 N–H and O–H groups in total. The van der Waals surface area contributed by atoms with Crippen LogP contribution in [0.1, 0.15) is 0 Å². The predicted molar refractivity (Wildman–Crippen MR) is 102 cm³/mol. The van der Waals surface area contributed by atoms with E-state index >= 15 is 0 Å². The number of halogens is 3. The summed E-state index contributed by atoms with van der Waals surface area (Å²) in [6.45, 7) is 0.887. The third-order valence-electron chi connectivity index (χ3n) is 4.37. The van der Waals surface area contributed by atoms with Crippen LogP contribution in [0.4, 0.5) is 8.78 Å². The fourth-order valence-corrected chi connectivity index (χ4v) is 4.33. The summed E-state index contributed by atoms with van der Waals surface area (Å²) in [7, 11) is -0.270. The van der Waals surface area contributed by atoms with Crippen LogP contribution in [0, 0.1) is 11.6 Å². The van der Waals surface area contributed by atoms with Crippen LogP contribution in [-0.2, 0) is 15.8 Å². The molecule has 0 aromatic heterocycles. The third kappa shape index (κ3) is 4.90. The number of carbonyl (C=O) groups excluding carboxylic acids is 1. The minimum Gasteiger partial charge on any atom is -0.451 e. The van der Waals surface area contributed by atoms with Crippen molar-refractivity contribution in [2.75, 3.05) is 26.7 Å². The van der Waals surface area contributed by atoms with Gasteiger partial charge in [0.2, 0.25) is 0 Å². The zero-order chi connectivity index (χ0) is 21.1. The number of likely N-dealkylation sites (N-methyl/N-ethyl adjacent to an activating group) is 1. The summed E-state index contributed by atoms with van der Waals surface area (Å²) < 4.78 is 48.5. The van der Waals surface area contributed by atoms with Crippen molar-refractivity contribution in [1.82, 2.24) is 14.7 Å². The molecule has 0 saturated carbocycles. The van der Waals surface area contributed by atoms with E-state index in [4.69, 9.17) is 21.5 Å². The van der Waals surface area contributed by atoms with E-state index in [0.717, 1.165) is 12.1 Å². The van der Waals surface area contributed by atoms with Crippen molar-refractivity contribution in [2.45, 2.75) is 10.9 Å². The van der Waals surface area contributed by atoms with Gasteiger partial charge in [0.05, 0.1) is 4.90 Å². The molecule has 2 aromatic rings. The van der Waals surface area contributed by atoms with Gasteiger partial charge in [0, 0.05) is 24.7 Å². The van der Waals surface area contributed by atoms with Gasteiger partial charge in [-0.1, -0.05) is 11.6 Å². The van der Waals surface area contributed by atoms with E-state index in [2.05, 4.69) is 0 Å². The first kappa shape index (κ1) is 21.6. The normalized spacial score (nSPS) is 19.0. The van der Waals surface area contributed by atoms with Crippen LogP contribution in [0.2, 0.25) is 5.02 Å². The van der Waals surface area contributed by atoms with Crippen LogP contribution in [0.15, 0.2) is 41.3 Å². The van der Waals surface area contributed by atoms with Crippen molar-refractivity contribution in [3.8, 4) is 11.5 Å². The summed E-state index contributed by atoms with van der Waals surface area (Å²) in [5.41, 5.74) is 1.54. The van der Waals surface area contributed by atoms with Gasteiger partial charge < -0.3 is 9.64 Å². The van der Waals surface area contributed by atoms with E-state index in [1.807, 2.05) is 4.90 Å². The number of carbonyl (C=O) groups is 1. The first-order valence-corrected chi connectivity index (χ1v) is 10.0. The first-order valence-electron chi connectivity index (χ1n) is 8.53. The second kappa shape index (κ2) is 9.14. The Bertz CT molecular complexity index is 909.